The zero-order chi connectivity index (χ0) is 15.6. The standard InChI is InChI=1S/C17H27N5O/c1-23-16-4-5-18-17(19-16)21-9-6-20(7-10-21)8-11-22-13-14-2-3-15(22)12-14/h4-5,14-15H,2-3,6-13H2,1H3/t14-,15+/m0/s1. The van der Waals surface area contributed by atoms with Gasteiger partial charge in [-0.1, -0.05) is 0 Å². The molecule has 3 aliphatic rings. The molecule has 23 heavy (non-hydrogen) atoms. The van der Waals surface area contributed by atoms with Crippen molar-refractivity contribution >= 4 is 5.95 Å². The third kappa shape index (κ3) is 3.28. The maximum absolute atomic E-state index is 5.19. The van der Waals surface area contributed by atoms with Crippen molar-refractivity contribution in [2.45, 2.75) is 25.3 Å². The Morgan fingerprint density at radius 3 is 2.74 bits per heavy atom. The number of rotatable bonds is 5. The topological polar surface area (TPSA) is 44.7 Å². The Labute approximate surface area is 138 Å². The van der Waals surface area contributed by atoms with E-state index in [1.165, 1.54) is 38.9 Å². The van der Waals surface area contributed by atoms with E-state index < -0.39 is 0 Å². The van der Waals surface area contributed by atoms with Crippen LogP contribution in [-0.4, -0.2) is 78.7 Å². The molecule has 6 nitrogen and oxygen atoms in total. The Morgan fingerprint density at radius 1 is 1.17 bits per heavy atom. The molecule has 1 aromatic rings. The van der Waals surface area contributed by atoms with E-state index in [9.17, 15) is 0 Å². The number of methoxy groups -OCH3 is 1. The van der Waals surface area contributed by atoms with Gasteiger partial charge in [-0.2, -0.15) is 4.98 Å². The highest BCUT2D eigenvalue weighted by molar-refractivity contribution is 5.32. The van der Waals surface area contributed by atoms with E-state index in [0.29, 0.717) is 5.88 Å². The fourth-order valence-electron chi connectivity index (χ4n) is 4.34. The van der Waals surface area contributed by atoms with E-state index in [0.717, 1.165) is 44.1 Å². The number of anilines is 1. The number of piperazine rings is 1. The summed E-state index contributed by atoms with van der Waals surface area (Å²) >= 11 is 0. The van der Waals surface area contributed by atoms with Gasteiger partial charge in [-0.15, -0.1) is 0 Å². The SMILES string of the molecule is COc1ccnc(N2CCN(CCN3C[C@H]4CC[C@@H]3C4)CC2)n1. The van der Waals surface area contributed by atoms with Crippen LogP contribution in [0.5, 0.6) is 5.88 Å². The summed E-state index contributed by atoms with van der Waals surface area (Å²) in [5.74, 6) is 2.43. The van der Waals surface area contributed by atoms with E-state index in [2.05, 4.69) is 24.7 Å². The lowest BCUT2D eigenvalue weighted by atomic mass is 10.1. The largest absolute Gasteiger partial charge is 0.481 e. The smallest absolute Gasteiger partial charge is 0.228 e. The molecule has 2 aliphatic heterocycles. The molecule has 126 valence electrons. The van der Waals surface area contributed by atoms with Crippen molar-refractivity contribution in [1.82, 2.24) is 19.8 Å². The highest BCUT2D eigenvalue weighted by Gasteiger charge is 2.37. The molecule has 3 fully saturated rings. The van der Waals surface area contributed by atoms with E-state index in [4.69, 9.17) is 4.74 Å². The van der Waals surface area contributed by atoms with Gasteiger partial charge in [0, 0.05) is 64.1 Å². The number of likely N-dealkylation sites (tertiary alicyclic amines) is 1. The molecule has 0 unspecified atom stereocenters. The van der Waals surface area contributed by atoms with Crippen LogP contribution in [0.1, 0.15) is 19.3 Å². The van der Waals surface area contributed by atoms with Crippen molar-refractivity contribution in [3.63, 3.8) is 0 Å². The predicted octanol–water partition coefficient (Wildman–Crippen LogP) is 1.09. The maximum atomic E-state index is 5.19. The lowest BCUT2D eigenvalue weighted by molar-refractivity contribution is 0.167. The van der Waals surface area contributed by atoms with Crippen molar-refractivity contribution < 1.29 is 4.74 Å². The summed E-state index contributed by atoms with van der Waals surface area (Å²) in [5, 5.41) is 0. The van der Waals surface area contributed by atoms with Crippen LogP contribution in [0, 0.1) is 5.92 Å². The van der Waals surface area contributed by atoms with Crippen LogP contribution >= 0.6 is 0 Å². The first-order valence-corrected chi connectivity index (χ1v) is 8.90. The summed E-state index contributed by atoms with van der Waals surface area (Å²) < 4.78 is 5.19. The summed E-state index contributed by atoms with van der Waals surface area (Å²) in [6, 6.07) is 2.69. The minimum atomic E-state index is 0.640. The summed E-state index contributed by atoms with van der Waals surface area (Å²) in [4.78, 5) is 16.4. The Hall–Kier alpha value is -1.40. The number of nitrogens with zero attached hydrogens (tertiary/aromatic N) is 5. The van der Waals surface area contributed by atoms with Crippen LogP contribution in [0.2, 0.25) is 0 Å². The van der Waals surface area contributed by atoms with Gasteiger partial charge in [-0.25, -0.2) is 4.98 Å². The van der Waals surface area contributed by atoms with E-state index >= 15 is 0 Å². The minimum Gasteiger partial charge on any atom is -0.481 e. The average Bonchev–Trinajstić information content (AvgIpc) is 3.23. The molecule has 1 aromatic heterocycles. The molecule has 0 amide bonds. The predicted molar refractivity (Wildman–Crippen MR) is 89.9 cm³/mol. The highest BCUT2D eigenvalue weighted by atomic mass is 16.5. The van der Waals surface area contributed by atoms with E-state index in [-0.39, 0.29) is 0 Å². The third-order valence-corrected chi connectivity index (χ3v) is 5.71. The van der Waals surface area contributed by atoms with Gasteiger partial charge < -0.3 is 9.64 Å². The van der Waals surface area contributed by atoms with Gasteiger partial charge in [0.05, 0.1) is 7.11 Å². The van der Waals surface area contributed by atoms with Crippen molar-refractivity contribution in [3.05, 3.63) is 12.3 Å². The van der Waals surface area contributed by atoms with Gasteiger partial charge in [0.1, 0.15) is 0 Å². The summed E-state index contributed by atoms with van der Waals surface area (Å²) in [5.41, 5.74) is 0. The zero-order valence-electron chi connectivity index (χ0n) is 14.0. The van der Waals surface area contributed by atoms with Crippen molar-refractivity contribution in [2.24, 2.45) is 5.92 Å². The molecule has 0 aromatic carbocycles. The molecule has 2 saturated heterocycles. The Kier molecular flexibility index (Phi) is 4.35. The summed E-state index contributed by atoms with van der Waals surface area (Å²) in [6.45, 7) is 8.00. The van der Waals surface area contributed by atoms with Crippen LogP contribution in [0.3, 0.4) is 0 Å². The number of fused-ring (bicyclic) bond motifs is 2. The molecule has 2 atom stereocenters. The number of aromatic nitrogens is 2. The Bertz CT molecular complexity index is 531. The number of hydrogen-bond donors (Lipinski definition) is 0. The van der Waals surface area contributed by atoms with Gasteiger partial charge in [0.2, 0.25) is 11.8 Å². The second kappa shape index (κ2) is 6.61. The molecule has 2 bridgehead atoms. The Morgan fingerprint density at radius 2 is 2.04 bits per heavy atom. The molecular weight excluding hydrogens is 290 g/mol. The van der Waals surface area contributed by atoms with E-state index in [1.54, 1.807) is 19.4 Å². The molecule has 1 aliphatic carbocycles. The summed E-state index contributed by atoms with van der Waals surface area (Å²) in [7, 11) is 1.65. The van der Waals surface area contributed by atoms with E-state index in [1.807, 2.05) is 0 Å². The average molecular weight is 317 g/mol. The normalized spacial score (nSPS) is 28.5. The Balaban J connectivity index is 1.24. The van der Waals surface area contributed by atoms with Crippen LogP contribution in [0.15, 0.2) is 12.3 Å². The van der Waals surface area contributed by atoms with Gasteiger partial charge in [-0.3, -0.25) is 9.80 Å². The van der Waals surface area contributed by atoms with Crippen molar-refractivity contribution in [1.29, 1.82) is 0 Å². The van der Waals surface area contributed by atoms with Crippen molar-refractivity contribution in [3.8, 4) is 5.88 Å². The fraction of sp³-hybridized carbons (Fsp3) is 0.765. The second-order valence-electron chi connectivity index (χ2n) is 7.06. The number of piperidine rings is 1. The second-order valence-corrected chi connectivity index (χ2v) is 7.06. The molecule has 0 spiro atoms. The zero-order valence-corrected chi connectivity index (χ0v) is 14.0. The third-order valence-electron chi connectivity index (χ3n) is 5.71. The lowest BCUT2D eigenvalue weighted by Crippen LogP contribution is -2.49. The molecule has 4 rings (SSSR count). The monoisotopic (exact) mass is 317 g/mol. The van der Waals surface area contributed by atoms with Gasteiger partial charge >= 0.3 is 0 Å². The molecule has 3 heterocycles. The molecule has 6 heteroatoms. The minimum absolute atomic E-state index is 0.640. The highest BCUT2D eigenvalue weighted by Crippen LogP contribution is 2.36. The van der Waals surface area contributed by atoms with Crippen LogP contribution in [0.4, 0.5) is 5.95 Å². The van der Waals surface area contributed by atoms with Crippen LogP contribution in [-0.2, 0) is 0 Å². The fourth-order valence-corrected chi connectivity index (χ4v) is 4.34. The molecule has 0 N–H and O–H groups in total. The molecule has 0 radical (unpaired) electrons. The lowest BCUT2D eigenvalue weighted by Gasteiger charge is -2.36. The maximum Gasteiger partial charge on any atom is 0.228 e. The van der Waals surface area contributed by atoms with Gasteiger partial charge in [0.15, 0.2) is 0 Å². The van der Waals surface area contributed by atoms with Crippen molar-refractivity contribution in [2.75, 3.05) is 57.8 Å². The molecule has 1 saturated carbocycles. The first-order chi connectivity index (χ1) is 11.3. The van der Waals surface area contributed by atoms with Crippen LogP contribution < -0.4 is 9.64 Å². The number of ether oxygens (including phenoxy) is 1. The van der Waals surface area contributed by atoms with Gasteiger partial charge in [0.25, 0.3) is 0 Å². The first-order valence-electron chi connectivity index (χ1n) is 8.90. The first kappa shape index (κ1) is 15.1. The molecular formula is C17H27N5O. The van der Waals surface area contributed by atoms with Gasteiger partial charge in [-0.05, 0) is 25.2 Å². The summed E-state index contributed by atoms with van der Waals surface area (Å²) in [6.07, 6.45) is 6.14. The number of hydrogen-bond acceptors (Lipinski definition) is 6. The van der Waals surface area contributed by atoms with Crippen LogP contribution in [0.25, 0.3) is 0 Å². The quantitative estimate of drug-likeness (QED) is 0.810.